The summed E-state index contributed by atoms with van der Waals surface area (Å²) in [6.07, 6.45) is 1.09. The number of nitrogens with zero attached hydrogens (tertiary/aromatic N) is 1. The van der Waals surface area contributed by atoms with E-state index in [1.165, 1.54) is 0 Å². The Hall–Kier alpha value is -2.57. The number of rotatable bonds is 7. The maximum Gasteiger partial charge on any atom is 0.345 e. The predicted molar refractivity (Wildman–Crippen MR) is 98.8 cm³/mol. The summed E-state index contributed by atoms with van der Waals surface area (Å²) in [5.74, 6) is -0.728. The first kappa shape index (κ1) is 22.5. The molecule has 1 amide bonds. The first-order valence-corrected chi connectivity index (χ1v) is 8.22. The van der Waals surface area contributed by atoms with Crippen LogP contribution in [0.25, 0.3) is 0 Å². The second-order valence-electron chi connectivity index (χ2n) is 6.36. The molecule has 0 fully saturated rings. The van der Waals surface area contributed by atoms with Gasteiger partial charge in [-0.3, -0.25) is 9.28 Å². The summed E-state index contributed by atoms with van der Waals surface area (Å²) in [4.78, 5) is 36.2. The van der Waals surface area contributed by atoms with Gasteiger partial charge in [-0.15, -0.1) is 0 Å². The molecule has 0 aromatic heterocycles. The van der Waals surface area contributed by atoms with Gasteiger partial charge in [0.25, 0.3) is 0 Å². The topological polar surface area (TPSA) is 60.4 Å². The van der Waals surface area contributed by atoms with Gasteiger partial charge in [0.05, 0.1) is 19.7 Å². The lowest BCUT2D eigenvalue weighted by atomic mass is 10.0. The van der Waals surface area contributed by atoms with Gasteiger partial charge < -0.3 is 21.7 Å². The molecule has 0 saturated heterocycles. The molecule has 0 bridgehead atoms. The summed E-state index contributed by atoms with van der Waals surface area (Å²) in [5.41, 5.74) is 1.62. The van der Waals surface area contributed by atoms with Crippen molar-refractivity contribution in [1.29, 1.82) is 0 Å². The number of ether oxygens (including phenoxy) is 1. The third-order valence-corrected chi connectivity index (χ3v) is 4.04. The fraction of sp³-hybridized carbons (Fsp3) is 0.190. The third-order valence-electron chi connectivity index (χ3n) is 4.04. The van der Waals surface area contributed by atoms with Crippen molar-refractivity contribution in [2.75, 3.05) is 27.2 Å². The number of hydrogen-bond donors (Lipinski definition) is 0. The highest BCUT2D eigenvalue weighted by Gasteiger charge is 2.28. The molecule has 0 aliphatic carbocycles. The Bertz CT molecular complexity index is 814. The van der Waals surface area contributed by atoms with Crippen LogP contribution in [0.5, 0.6) is 0 Å². The van der Waals surface area contributed by atoms with Gasteiger partial charge in [0.1, 0.15) is 13.2 Å². The number of carbonyl (C=O) groups excluding carboxylic acids is 3. The highest BCUT2D eigenvalue weighted by molar-refractivity contribution is 6.09. The molecular weight excluding hydrogens is 410 g/mol. The number of amides is 1. The summed E-state index contributed by atoms with van der Waals surface area (Å²) in [5, 5.41) is 0. The maximum atomic E-state index is 12.7. The van der Waals surface area contributed by atoms with Crippen molar-refractivity contribution in [3.8, 4) is 0 Å². The molecule has 0 N–H and O–H groups in total. The van der Waals surface area contributed by atoms with Crippen LogP contribution >= 0.6 is 0 Å². The molecule has 0 radical (unpaired) electrons. The Morgan fingerprint density at radius 3 is 2.00 bits per heavy atom. The fourth-order valence-corrected chi connectivity index (χ4v) is 2.40. The molecule has 6 heteroatoms. The van der Waals surface area contributed by atoms with Crippen molar-refractivity contribution < 1.29 is 40.6 Å². The summed E-state index contributed by atoms with van der Waals surface area (Å²) in [6, 6.07) is 15.6. The number of ketones is 1. The molecular formula is C21H22BrNO4. The third kappa shape index (κ3) is 5.98. The lowest BCUT2D eigenvalue weighted by molar-refractivity contribution is -0.807. The van der Waals surface area contributed by atoms with Gasteiger partial charge in [-0.1, -0.05) is 49.0 Å². The average Bonchev–Trinajstić information content (AvgIpc) is 2.67. The molecule has 5 nitrogen and oxygen atoms in total. The van der Waals surface area contributed by atoms with Crippen molar-refractivity contribution in [1.82, 2.24) is 0 Å². The number of quaternary nitrogens is 1. The molecule has 2 rings (SSSR count). The van der Waals surface area contributed by atoms with Gasteiger partial charge in [-0.2, -0.15) is 0 Å². The smallest absolute Gasteiger partial charge is 0.345 e. The van der Waals surface area contributed by atoms with Gasteiger partial charge in [0, 0.05) is 17.2 Å². The van der Waals surface area contributed by atoms with E-state index in [0.29, 0.717) is 23.2 Å². The maximum absolute atomic E-state index is 12.7. The van der Waals surface area contributed by atoms with Crippen molar-refractivity contribution in [2.45, 2.75) is 0 Å². The average molecular weight is 432 g/mol. The van der Waals surface area contributed by atoms with Crippen LogP contribution < -0.4 is 17.0 Å². The van der Waals surface area contributed by atoms with E-state index in [2.05, 4.69) is 6.58 Å². The fourth-order valence-electron chi connectivity index (χ4n) is 2.40. The van der Waals surface area contributed by atoms with Gasteiger partial charge >= 0.3 is 11.9 Å². The zero-order chi connectivity index (χ0) is 19.2. The van der Waals surface area contributed by atoms with Gasteiger partial charge in [0.15, 0.2) is 5.78 Å². The quantitative estimate of drug-likeness (QED) is 0.265. The molecule has 2 aromatic carbocycles. The standard InChI is InChI=1S/C21H22NO4.BrH/c1-4-19(23)26-15-14-22(2,3)21(25)18-12-10-17(11-13-18)20(24)16-8-6-5-7-9-16;/h4-13H,1,14-15H2,2-3H3;1H/q+1;/p-1. The zero-order valence-corrected chi connectivity index (χ0v) is 16.9. The van der Waals surface area contributed by atoms with E-state index < -0.39 is 5.97 Å². The lowest BCUT2D eigenvalue weighted by Crippen LogP contribution is -3.00. The van der Waals surface area contributed by atoms with Crippen LogP contribution in [0.4, 0.5) is 0 Å². The van der Waals surface area contributed by atoms with Gasteiger partial charge in [-0.25, -0.2) is 9.59 Å². The normalized spacial score (nSPS) is 10.4. The predicted octanol–water partition coefficient (Wildman–Crippen LogP) is -0.133. The van der Waals surface area contributed by atoms with Crippen molar-refractivity contribution in [3.63, 3.8) is 0 Å². The Morgan fingerprint density at radius 1 is 0.926 bits per heavy atom. The molecule has 0 heterocycles. The van der Waals surface area contributed by atoms with Crippen LogP contribution in [0.3, 0.4) is 0 Å². The van der Waals surface area contributed by atoms with E-state index in [0.717, 1.165) is 6.08 Å². The Kier molecular flexibility index (Phi) is 8.28. The molecule has 27 heavy (non-hydrogen) atoms. The Morgan fingerprint density at radius 2 is 1.44 bits per heavy atom. The zero-order valence-electron chi connectivity index (χ0n) is 15.4. The number of hydrogen-bond acceptors (Lipinski definition) is 4. The molecule has 0 unspecified atom stereocenters. The number of benzene rings is 2. The summed E-state index contributed by atoms with van der Waals surface area (Å²) < 4.78 is 4.97. The monoisotopic (exact) mass is 431 g/mol. The van der Waals surface area contributed by atoms with Crippen molar-refractivity contribution in [2.24, 2.45) is 0 Å². The van der Waals surface area contributed by atoms with E-state index in [4.69, 9.17) is 4.74 Å². The first-order chi connectivity index (χ1) is 12.3. The van der Waals surface area contributed by atoms with Crippen LogP contribution in [0.1, 0.15) is 26.3 Å². The highest BCUT2D eigenvalue weighted by Crippen LogP contribution is 2.14. The number of likely N-dealkylation sites (N-methyl/N-ethyl adjacent to an activating group) is 1. The molecule has 142 valence electrons. The van der Waals surface area contributed by atoms with E-state index in [-0.39, 0.29) is 39.8 Å². The Balaban J connectivity index is 0.00000364. The second kappa shape index (κ2) is 9.94. The van der Waals surface area contributed by atoms with E-state index in [9.17, 15) is 14.4 Å². The van der Waals surface area contributed by atoms with Crippen LogP contribution in [0.15, 0.2) is 67.3 Å². The van der Waals surface area contributed by atoms with Gasteiger partial charge in [-0.05, 0) is 12.1 Å². The summed E-state index contributed by atoms with van der Waals surface area (Å²) in [6.45, 7) is 3.78. The number of halogens is 1. The Labute approximate surface area is 169 Å². The second-order valence-corrected chi connectivity index (χ2v) is 6.36. The van der Waals surface area contributed by atoms with Crippen LogP contribution in [0, 0.1) is 0 Å². The largest absolute Gasteiger partial charge is 1.00 e. The minimum absolute atomic E-state index is 0. The number of esters is 1. The first-order valence-electron chi connectivity index (χ1n) is 8.22. The SMILES string of the molecule is C=CC(=O)OCC[N+](C)(C)C(=O)c1ccc(C(=O)c2ccccc2)cc1.[Br-]. The van der Waals surface area contributed by atoms with E-state index >= 15 is 0 Å². The van der Waals surface area contributed by atoms with Gasteiger partial charge in [0.2, 0.25) is 0 Å². The van der Waals surface area contributed by atoms with Crippen molar-refractivity contribution >= 4 is 17.7 Å². The number of carbonyl (C=O) groups is 3. The van der Waals surface area contributed by atoms with E-state index in [1.54, 1.807) is 50.5 Å². The van der Waals surface area contributed by atoms with E-state index in [1.807, 2.05) is 18.2 Å². The van der Waals surface area contributed by atoms with Crippen LogP contribution in [-0.4, -0.2) is 49.4 Å². The van der Waals surface area contributed by atoms with Crippen LogP contribution in [-0.2, 0) is 9.53 Å². The summed E-state index contributed by atoms with van der Waals surface area (Å²) in [7, 11) is 3.49. The lowest BCUT2D eigenvalue weighted by Gasteiger charge is -2.26. The van der Waals surface area contributed by atoms with Crippen LogP contribution in [0.2, 0.25) is 0 Å². The molecule has 0 aliphatic rings. The minimum atomic E-state index is -0.513. The molecule has 0 aliphatic heterocycles. The van der Waals surface area contributed by atoms with Crippen molar-refractivity contribution in [3.05, 3.63) is 83.9 Å². The minimum Gasteiger partial charge on any atom is -1.00 e. The molecule has 0 atom stereocenters. The molecule has 2 aromatic rings. The molecule has 0 saturated carbocycles. The highest BCUT2D eigenvalue weighted by atomic mass is 79.9. The summed E-state index contributed by atoms with van der Waals surface area (Å²) >= 11 is 0. The molecule has 0 spiro atoms.